The van der Waals surface area contributed by atoms with Crippen molar-refractivity contribution in [2.24, 2.45) is 5.92 Å². The third kappa shape index (κ3) is 2.94. The van der Waals surface area contributed by atoms with Crippen molar-refractivity contribution in [2.75, 3.05) is 19.8 Å². The van der Waals surface area contributed by atoms with Gasteiger partial charge in [-0.05, 0) is 31.6 Å². The molecule has 2 aliphatic rings. The SMILES string of the molecule is Cc1nc([C@@H]2CCCN2C(=O)COCC2CC2)no1. The molecule has 1 aliphatic carbocycles. The number of ether oxygens (including phenoxy) is 1. The highest BCUT2D eigenvalue weighted by atomic mass is 16.5. The third-order valence-electron chi connectivity index (χ3n) is 3.69. The lowest BCUT2D eigenvalue weighted by Gasteiger charge is -2.22. The Kier molecular flexibility index (Phi) is 3.50. The summed E-state index contributed by atoms with van der Waals surface area (Å²) in [5, 5.41) is 3.93. The van der Waals surface area contributed by atoms with Crippen LogP contribution in [0.2, 0.25) is 0 Å². The molecule has 0 radical (unpaired) electrons. The molecule has 1 aromatic heterocycles. The number of hydrogen-bond acceptors (Lipinski definition) is 5. The minimum absolute atomic E-state index is 0.0330. The molecular formula is C13H19N3O3. The molecule has 0 aromatic carbocycles. The Labute approximate surface area is 112 Å². The number of aryl methyl sites for hydroxylation is 1. The highest BCUT2D eigenvalue weighted by Crippen LogP contribution is 2.31. The summed E-state index contributed by atoms with van der Waals surface area (Å²) in [6, 6.07) is -0.0468. The molecule has 104 valence electrons. The van der Waals surface area contributed by atoms with E-state index in [1.54, 1.807) is 6.92 Å². The van der Waals surface area contributed by atoms with E-state index in [0.717, 1.165) is 19.4 Å². The molecule has 0 unspecified atom stereocenters. The van der Waals surface area contributed by atoms with Gasteiger partial charge < -0.3 is 14.2 Å². The quantitative estimate of drug-likeness (QED) is 0.806. The molecule has 2 fully saturated rings. The first-order valence-electron chi connectivity index (χ1n) is 6.91. The van der Waals surface area contributed by atoms with Gasteiger partial charge in [-0.1, -0.05) is 5.16 Å². The van der Waals surface area contributed by atoms with Gasteiger partial charge in [0.25, 0.3) is 0 Å². The zero-order valence-corrected chi connectivity index (χ0v) is 11.2. The van der Waals surface area contributed by atoms with Crippen LogP contribution in [0.5, 0.6) is 0 Å². The maximum absolute atomic E-state index is 12.2. The molecule has 19 heavy (non-hydrogen) atoms. The summed E-state index contributed by atoms with van der Waals surface area (Å²) in [4.78, 5) is 18.2. The number of rotatable bonds is 5. The largest absolute Gasteiger partial charge is 0.371 e. The molecule has 1 atom stereocenters. The maximum atomic E-state index is 12.2. The van der Waals surface area contributed by atoms with Crippen LogP contribution in [-0.2, 0) is 9.53 Å². The van der Waals surface area contributed by atoms with Gasteiger partial charge in [0.15, 0.2) is 5.82 Å². The van der Waals surface area contributed by atoms with Crippen molar-refractivity contribution in [3.05, 3.63) is 11.7 Å². The van der Waals surface area contributed by atoms with E-state index < -0.39 is 0 Å². The smallest absolute Gasteiger partial charge is 0.249 e. The van der Waals surface area contributed by atoms with Crippen LogP contribution in [-0.4, -0.2) is 40.7 Å². The Hall–Kier alpha value is -1.43. The summed E-state index contributed by atoms with van der Waals surface area (Å²) >= 11 is 0. The monoisotopic (exact) mass is 265 g/mol. The predicted molar refractivity (Wildman–Crippen MR) is 66.3 cm³/mol. The van der Waals surface area contributed by atoms with Crippen molar-refractivity contribution >= 4 is 5.91 Å². The van der Waals surface area contributed by atoms with Gasteiger partial charge in [-0.15, -0.1) is 0 Å². The number of carbonyl (C=O) groups is 1. The van der Waals surface area contributed by atoms with Gasteiger partial charge in [0.2, 0.25) is 11.8 Å². The van der Waals surface area contributed by atoms with Gasteiger partial charge in [-0.25, -0.2) is 0 Å². The molecule has 3 rings (SSSR count). The molecule has 1 saturated heterocycles. The highest BCUT2D eigenvalue weighted by molar-refractivity contribution is 5.78. The molecule has 6 heteroatoms. The van der Waals surface area contributed by atoms with Crippen molar-refractivity contribution in [3.63, 3.8) is 0 Å². The molecular weight excluding hydrogens is 246 g/mol. The van der Waals surface area contributed by atoms with Crippen molar-refractivity contribution in [2.45, 2.75) is 38.6 Å². The van der Waals surface area contributed by atoms with Crippen LogP contribution < -0.4 is 0 Å². The molecule has 0 bridgehead atoms. The molecule has 0 spiro atoms. The van der Waals surface area contributed by atoms with Crippen LogP contribution in [0.3, 0.4) is 0 Å². The van der Waals surface area contributed by atoms with Crippen LogP contribution in [0, 0.1) is 12.8 Å². The minimum atomic E-state index is -0.0468. The summed E-state index contributed by atoms with van der Waals surface area (Å²) in [6.45, 7) is 3.40. The zero-order valence-electron chi connectivity index (χ0n) is 11.2. The van der Waals surface area contributed by atoms with Crippen molar-refractivity contribution in [1.29, 1.82) is 0 Å². The van der Waals surface area contributed by atoms with Crippen molar-refractivity contribution < 1.29 is 14.1 Å². The first kappa shape index (κ1) is 12.6. The van der Waals surface area contributed by atoms with Crippen molar-refractivity contribution in [1.82, 2.24) is 15.0 Å². The van der Waals surface area contributed by atoms with E-state index in [-0.39, 0.29) is 18.6 Å². The second kappa shape index (κ2) is 5.28. The summed E-state index contributed by atoms with van der Waals surface area (Å²) in [6.07, 6.45) is 4.35. The number of hydrogen-bond donors (Lipinski definition) is 0. The predicted octanol–water partition coefficient (Wildman–Crippen LogP) is 1.47. The van der Waals surface area contributed by atoms with E-state index in [0.29, 0.717) is 24.2 Å². The molecule has 1 aliphatic heterocycles. The zero-order chi connectivity index (χ0) is 13.2. The Morgan fingerprint density at radius 3 is 3.00 bits per heavy atom. The van der Waals surface area contributed by atoms with Gasteiger partial charge in [0.05, 0.1) is 12.6 Å². The first-order chi connectivity index (χ1) is 9.24. The molecule has 1 saturated carbocycles. The fourth-order valence-electron chi connectivity index (χ4n) is 2.46. The molecule has 0 N–H and O–H groups in total. The first-order valence-corrected chi connectivity index (χ1v) is 6.91. The second-order valence-electron chi connectivity index (χ2n) is 5.38. The van der Waals surface area contributed by atoms with E-state index in [1.165, 1.54) is 12.8 Å². The van der Waals surface area contributed by atoms with Crippen molar-refractivity contribution in [3.8, 4) is 0 Å². The maximum Gasteiger partial charge on any atom is 0.249 e. The topological polar surface area (TPSA) is 68.5 Å². The number of aromatic nitrogens is 2. The lowest BCUT2D eigenvalue weighted by atomic mass is 10.2. The molecule has 2 heterocycles. The average Bonchev–Trinajstić information content (AvgIpc) is 2.91. The van der Waals surface area contributed by atoms with E-state index >= 15 is 0 Å². The Morgan fingerprint density at radius 2 is 2.32 bits per heavy atom. The number of nitrogens with zero attached hydrogens (tertiary/aromatic N) is 3. The Bertz CT molecular complexity index is 456. The normalized spacial score (nSPS) is 23.0. The van der Waals surface area contributed by atoms with Gasteiger partial charge in [0, 0.05) is 13.5 Å². The van der Waals surface area contributed by atoms with E-state index in [9.17, 15) is 4.79 Å². The molecule has 1 aromatic rings. The van der Waals surface area contributed by atoms with E-state index in [1.807, 2.05) is 4.90 Å². The average molecular weight is 265 g/mol. The second-order valence-corrected chi connectivity index (χ2v) is 5.38. The minimum Gasteiger partial charge on any atom is -0.371 e. The fraction of sp³-hybridized carbons (Fsp3) is 0.769. The van der Waals surface area contributed by atoms with Gasteiger partial charge in [-0.2, -0.15) is 4.98 Å². The Morgan fingerprint density at radius 1 is 1.47 bits per heavy atom. The number of carbonyl (C=O) groups excluding carboxylic acids is 1. The van der Waals surface area contributed by atoms with Gasteiger partial charge in [-0.3, -0.25) is 4.79 Å². The number of amides is 1. The highest BCUT2D eigenvalue weighted by Gasteiger charge is 2.33. The summed E-state index contributed by atoms with van der Waals surface area (Å²) in [5.74, 6) is 1.87. The van der Waals surface area contributed by atoms with Crippen LogP contribution in [0.25, 0.3) is 0 Å². The molecule has 6 nitrogen and oxygen atoms in total. The van der Waals surface area contributed by atoms with Crippen LogP contribution >= 0.6 is 0 Å². The van der Waals surface area contributed by atoms with Crippen LogP contribution in [0.4, 0.5) is 0 Å². The molecule has 1 amide bonds. The Balaban J connectivity index is 1.56. The van der Waals surface area contributed by atoms with Crippen LogP contribution in [0.1, 0.15) is 43.4 Å². The lowest BCUT2D eigenvalue weighted by Crippen LogP contribution is -2.34. The summed E-state index contributed by atoms with van der Waals surface area (Å²) < 4.78 is 10.5. The van der Waals surface area contributed by atoms with Gasteiger partial charge in [0.1, 0.15) is 6.61 Å². The summed E-state index contributed by atoms with van der Waals surface area (Å²) in [5.41, 5.74) is 0. The van der Waals surface area contributed by atoms with Gasteiger partial charge >= 0.3 is 0 Å². The van der Waals surface area contributed by atoms with E-state index in [4.69, 9.17) is 9.26 Å². The third-order valence-corrected chi connectivity index (χ3v) is 3.69. The standard InChI is InChI=1S/C13H19N3O3/c1-9-14-13(15-19-9)11-3-2-6-16(11)12(17)8-18-7-10-4-5-10/h10-11H,2-8H2,1H3/t11-/m0/s1. The van der Waals surface area contributed by atoms with E-state index in [2.05, 4.69) is 10.1 Å². The summed E-state index contributed by atoms with van der Waals surface area (Å²) in [7, 11) is 0. The number of likely N-dealkylation sites (tertiary alicyclic amines) is 1. The fourth-order valence-corrected chi connectivity index (χ4v) is 2.46. The van der Waals surface area contributed by atoms with Crippen LogP contribution in [0.15, 0.2) is 4.52 Å². The lowest BCUT2D eigenvalue weighted by molar-refractivity contribution is -0.137.